The van der Waals surface area contributed by atoms with E-state index in [0.717, 1.165) is 0 Å². The van der Waals surface area contributed by atoms with Crippen LogP contribution in [0.4, 0.5) is 5.69 Å². The van der Waals surface area contributed by atoms with E-state index in [1.807, 2.05) is 0 Å². The van der Waals surface area contributed by atoms with Crippen LogP contribution in [0.5, 0.6) is 11.5 Å². The number of rotatable bonds is 5. The van der Waals surface area contributed by atoms with E-state index in [1.165, 1.54) is 25.3 Å². The number of nitrogens with zero attached hydrogens (tertiary/aromatic N) is 1. The second kappa shape index (κ2) is 7.02. The zero-order chi connectivity index (χ0) is 17.0. The first kappa shape index (κ1) is 16.6. The number of carboxylic acids is 1. The molecule has 23 heavy (non-hydrogen) atoms. The molecule has 0 saturated carbocycles. The van der Waals surface area contributed by atoms with E-state index in [-0.39, 0.29) is 16.3 Å². The Labute approximate surface area is 138 Å². The summed E-state index contributed by atoms with van der Waals surface area (Å²) in [7, 11) is 1.51. The Balaban J connectivity index is 2.23. The number of phenols is 1. The number of nitrogens with one attached hydrogen (secondary N) is 1. The summed E-state index contributed by atoms with van der Waals surface area (Å²) in [6.07, 6.45) is 0. The van der Waals surface area contributed by atoms with Gasteiger partial charge in [-0.15, -0.1) is 0 Å². The zero-order valence-electron chi connectivity index (χ0n) is 12.5. The van der Waals surface area contributed by atoms with Gasteiger partial charge < -0.3 is 14.9 Å². The van der Waals surface area contributed by atoms with Gasteiger partial charge in [-0.3, -0.25) is 5.43 Å². The quantitative estimate of drug-likeness (QED) is 0.574. The van der Waals surface area contributed by atoms with Crippen LogP contribution < -0.4 is 10.2 Å². The molecule has 0 aliphatic heterocycles. The molecule has 0 aromatic heterocycles. The standard InChI is InChI=1S/C16H15ClN2O4/c1-9(12-5-4-11(23-2)8-15(12)20)18-19-10-3-6-14(17)13(7-10)16(21)22/h3-8,19-20H,1-2H3,(H,21,22)/b18-9+. The van der Waals surface area contributed by atoms with Gasteiger partial charge in [0, 0.05) is 11.6 Å². The number of benzene rings is 2. The van der Waals surface area contributed by atoms with Crippen molar-refractivity contribution >= 4 is 29.0 Å². The topological polar surface area (TPSA) is 91.2 Å². The normalized spacial score (nSPS) is 11.2. The van der Waals surface area contributed by atoms with Crippen LogP contribution in [0.3, 0.4) is 0 Å². The van der Waals surface area contributed by atoms with Gasteiger partial charge in [0.25, 0.3) is 0 Å². The first-order valence-corrected chi connectivity index (χ1v) is 7.00. The highest BCUT2D eigenvalue weighted by atomic mass is 35.5. The molecule has 2 aromatic carbocycles. The van der Waals surface area contributed by atoms with E-state index in [0.29, 0.717) is 22.7 Å². The number of carboxylic acid groups (broad SMARTS) is 1. The molecule has 2 rings (SSSR count). The van der Waals surface area contributed by atoms with E-state index >= 15 is 0 Å². The Bertz CT molecular complexity index is 775. The van der Waals surface area contributed by atoms with Crippen molar-refractivity contribution in [2.45, 2.75) is 6.92 Å². The monoisotopic (exact) mass is 334 g/mol. The lowest BCUT2D eigenvalue weighted by molar-refractivity contribution is 0.0697. The van der Waals surface area contributed by atoms with Crippen LogP contribution in [0.15, 0.2) is 41.5 Å². The fourth-order valence-electron chi connectivity index (χ4n) is 1.91. The molecular formula is C16H15ClN2O4. The lowest BCUT2D eigenvalue weighted by Gasteiger charge is -2.08. The number of methoxy groups -OCH3 is 1. The van der Waals surface area contributed by atoms with E-state index in [4.69, 9.17) is 21.4 Å². The molecule has 0 aliphatic rings. The van der Waals surface area contributed by atoms with Crippen molar-refractivity contribution in [2.75, 3.05) is 12.5 Å². The Kier molecular flexibility index (Phi) is 5.08. The predicted molar refractivity (Wildman–Crippen MR) is 88.9 cm³/mol. The molecule has 0 bridgehead atoms. The maximum Gasteiger partial charge on any atom is 0.337 e. The zero-order valence-corrected chi connectivity index (χ0v) is 13.3. The van der Waals surface area contributed by atoms with Crippen molar-refractivity contribution in [3.63, 3.8) is 0 Å². The second-order valence-corrected chi connectivity index (χ2v) is 5.10. The summed E-state index contributed by atoms with van der Waals surface area (Å²) in [5.74, 6) is -0.544. The van der Waals surface area contributed by atoms with Crippen molar-refractivity contribution in [2.24, 2.45) is 5.10 Å². The largest absolute Gasteiger partial charge is 0.507 e. The van der Waals surface area contributed by atoms with Crippen LogP contribution in [-0.2, 0) is 0 Å². The Hall–Kier alpha value is -2.73. The SMILES string of the molecule is COc1ccc(/C(C)=N/Nc2ccc(Cl)c(C(=O)O)c2)c(O)c1. The molecule has 0 unspecified atom stereocenters. The second-order valence-electron chi connectivity index (χ2n) is 4.69. The first-order valence-electron chi connectivity index (χ1n) is 6.63. The Morgan fingerprint density at radius 3 is 2.57 bits per heavy atom. The number of carbonyl (C=O) groups is 1. The minimum absolute atomic E-state index is 0.0168. The van der Waals surface area contributed by atoms with Gasteiger partial charge in [0.2, 0.25) is 0 Å². The van der Waals surface area contributed by atoms with Crippen LogP contribution in [-0.4, -0.2) is 29.0 Å². The molecule has 6 nitrogen and oxygen atoms in total. The Morgan fingerprint density at radius 2 is 1.96 bits per heavy atom. The van der Waals surface area contributed by atoms with Gasteiger partial charge in [-0.25, -0.2) is 4.79 Å². The number of anilines is 1. The summed E-state index contributed by atoms with van der Waals surface area (Å²) < 4.78 is 5.02. The van der Waals surface area contributed by atoms with E-state index < -0.39 is 5.97 Å². The highest BCUT2D eigenvalue weighted by Gasteiger charge is 2.10. The van der Waals surface area contributed by atoms with Gasteiger partial charge in [-0.05, 0) is 37.3 Å². The minimum atomic E-state index is -1.12. The molecule has 120 valence electrons. The van der Waals surface area contributed by atoms with Crippen molar-refractivity contribution in [1.82, 2.24) is 0 Å². The molecule has 0 spiro atoms. The number of hydrogen-bond donors (Lipinski definition) is 3. The molecule has 0 radical (unpaired) electrons. The fraction of sp³-hybridized carbons (Fsp3) is 0.125. The van der Waals surface area contributed by atoms with Crippen LogP contribution in [0.25, 0.3) is 0 Å². The molecule has 7 heteroatoms. The van der Waals surface area contributed by atoms with Crippen molar-refractivity contribution in [3.05, 3.63) is 52.5 Å². The number of phenolic OH excluding ortho intramolecular Hbond substituents is 1. The van der Waals surface area contributed by atoms with E-state index in [2.05, 4.69) is 10.5 Å². The highest BCUT2D eigenvalue weighted by Crippen LogP contribution is 2.24. The molecule has 0 amide bonds. The van der Waals surface area contributed by atoms with Gasteiger partial charge in [-0.2, -0.15) is 5.10 Å². The van der Waals surface area contributed by atoms with Crippen molar-refractivity contribution in [3.8, 4) is 11.5 Å². The molecule has 2 aromatic rings. The van der Waals surface area contributed by atoms with Gasteiger partial charge in [0.05, 0.1) is 29.1 Å². The van der Waals surface area contributed by atoms with Gasteiger partial charge in [0.15, 0.2) is 0 Å². The van der Waals surface area contributed by atoms with Crippen molar-refractivity contribution in [1.29, 1.82) is 0 Å². The van der Waals surface area contributed by atoms with Crippen LogP contribution >= 0.6 is 11.6 Å². The summed E-state index contributed by atoms with van der Waals surface area (Å²) in [4.78, 5) is 11.0. The maximum atomic E-state index is 11.0. The summed E-state index contributed by atoms with van der Waals surface area (Å²) in [6, 6.07) is 9.34. The van der Waals surface area contributed by atoms with E-state index in [1.54, 1.807) is 25.1 Å². The number of halogens is 1. The molecule has 3 N–H and O–H groups in total. The number of hydrogen-bond acceptors (Lipinski definition) is 5. The average molecular weight is 335 g/mol. The number of hydrazone groups is 1. The molecule has 0 fully saturated rings. The molecule has 0 heterocycles. The molecule has 0 saturated heterocycles. The fourth-order valence-corrected chi connectivity index (χ4v) is 2.11. The average Bonchev–Trinajstić information content (AvgIpc) is 2.53. The van der Waals surface area contributed by atoms with Crippen LogP contribution in [0.1, 0.15) is 22.8 Å². The van der Waals surface area contributed by atoms with Gasteiger partial charge in [0.1, 0.15) is 11.5 Å². The summed E-state index contributed by atoms with van der Waals surface area (Å²) >= 11 is 5.81. The summed E-state index contributed by atoms with van der Waals surface area (Å²) in [5, 5.41) is 23.3. The third kappa shape index (κ3) is 3.92. The highest BCUT2D eigenvalue weighted by molar-refractivity contribution is 6.33. The van der Waals surface area contributed by atoms with Crippen molar-refractivity contribution < 1.29 is 19.7 Å². The molecule has 0 aliphatic carbocycles. The van der Waals surface area contributed by atoms with Gasteiger partial charge >= 0.3 is 5.97 Å². The predicted octanol–water partition coefficient (Wildman–Crippen LogP) is 3.59. The van der Waals surface area contributed by atoms with Crippen LogP contribution in [0.2, 0.25) is 5.02 Å². The summed E-state index contributed by atoms with van der Waals surface area (Å²) in [5.41, 5.74) is 4.26. The number of ether oxygens (including phenoxy) is 1. The number of aromatic hydroxyl groups is 1. The molecular weight excluding hydrogens is 320 g/mol. The molecule has 0 atom stereocenters. The van der Waals surface area contributed by atoms with Gasteiger partial charge in [-0.1, -0.05) is 11.6 Å². The van der Waals surface area contributed by atoms with E-state index in [9.17, 15) is 9.90 Å². The lowest BCUT2D eigenvalue weighted by atomic mass is 10.1. The maximum absolute atomic E-state index is 11.0. The smallest absolute Gasteiger partial charge is 0.337 e. The van der Waals surface area contributed by atoms with Crippen LogP contribution in [0, 0.1) is 0 Å². The lowest BCUT2D eigenvalue weighted by Crippen LogP contribution is -2.02. The Morgan fingerprint density at radius 1 is 1.22 bits per heavy atom. The minimum Gasteiger partial charge on any atom is -0.507 e. The number of aromatic carboxylic acids is 1. The summed E-state index contributed by atoms with van der Waals surface area (Å²) in [6.45, 7) is 1.71. The third-order valence-corrected chi connectivity index (χ3v) is 3.47. The first-order chi connectivity index (χ1) is 10.9. The third-order valence-electron chi connectivity index (χ3n) is 3.14.